The molecule has 4 saturated heterocycles. The molecule has 1 N–H and O–H groups in total. The first kappa shape index (κ1) is 61.7. The molecule has 7 heteroatoms. The van der Waals surface area contributed by atoms with Crippen molar-refractivity contribution in [1.29, 1.82) is 0 Å². The molecule has 0 saturated carbocycles. The molecule has 4 aliphatic heterocycles. The van der Waals surface area contributed by atoms with Crippen LogP contribution in [-0.4, -0.2) is 17.5 Å². The number of halogens is 1. The number of rotatable bonds is 17. The van der Waals surface area contributed by atoms with Crippen LogP contribution in [0.1, 0.15) is 195 Å². The van der Waals surface area contributed by atoms with Gasteiger partial charge in [0, 0.05) is 51.8 Å². The van der Waals surface area contributed by atoms with Crippen molar-refractivity contribution in [2.45, 2.75) is 150 Å². The van der Waals surface area contributed by atoms with Gasteiger partial charge in [-0.2, -0.15) is 0 Å². The SMILES string of the molecule is CC.CCCCN(P1[C@@H](c2ccccc2)CC[C@@H]1c1ccccc1)P1[C@@H](c2ccccc2)CC[C@@H]1c1ccccc1.CCCCNP1[C@@H](c2ccccc2)CC[C@@H]1c1ccccc1.IP1[C@@H](c2ccccc2)CC[C@@H]1c1ccccc1. The monoisotopic (exact) mass is 1260 g/mol. The Kier molecular flexibility index (Phi) is 25.1. The zero-order valence-electron chi connectivity index (χ0n) is 48.7. The van der Waals surface area contributed by atoms with Crippen molar-refractivity contribution >= 4 is 51.8 Å². The van der Waals surface area contributed by atoms with Crippen molar-refractivity contribution < 1.29 is 0 Å². The third kappa shape index (κ3) is 16.1. The van der Waals surface area contributed by atoms with Gasteiger partial charge in [-0.1, -0.05) is 305 Å². The molecule has 0 bridgehead atoms. The second-order valence-electron chi connectivity index (χ2n) is 21.9. The summed E-state index contributed by atoms with van der Waals surface area (Å²) in [6.07, 6.45) is 15.6. The van der Waals surface area contributed by atoms with Gasteiger partial charge in [-0.3, -0.25) is 9.53 Å². The number of hydrogen-bond acceptors (Lipinski definition) is 2. The Labute approximate surface area is 507 Å². The van der Waals surface area contributed by atoms with E-state index < -0.39 is 0 Å². The van der Waals surface area contributed by atoms with Gasteiger partial charge >= 0.3 is 0 Å². The van der Waals surface area contributed by atoms with Crippen molar-refractivity contribution in [3.63, 3.8) is 0 Å². The maximum atomic E-state index is 3.94. The fraction of sp³-hybridized carbons (Fsp3) is 0.351. The molecule has 12 rings (SSSR count). The minimum absolute atomic E-state index is 0.0256. The largest absolute Gasteiger partial charge is 0.295 e. The van der Waals surface area contributed by atoms with Gasteiger partial charge in [0.1, 0.15) is 0 Å². The van der Waals surface area contributed by atoms with E-state index in [1.54, 1.807) is 22.3 Å². The van der Waals surface area contributed by atoms with E-state index in [1.165, 1.54) is 106 Å². The Bertz CT molecular complexity index is 2660. The van der Waals surface area contributed by atoms with Gasteiger partial charge in [-0.15, -0.1) is 0 Å². The minimum Gasteiger partial charge on any atom is -0.295 e. The highest BCUT2D eigenvalue weighted by Crippen LogP contribution is 2.84. The maximum absolute atomic E-state index is 3.94. The van der Waals surface area contributed by atoms with Crippen LogP contribution in [0.4, 0.5) is 0 Å². The lowest BCUT2D eigenvalue weighted by Crippen LogP contribution is -2.20. The van der Waals surface area contributed by atoms with E-state index in [0.29, 0.717) is 34.0 Å². The van der Waals surface area contributed by atoms with Crippen molar-refractivity contribution in [3.05, 3.63) is 287 Å². The summed E-state index contributed by atoms with van der Waals surface area (Å²) >= 11 is 2.73. The minimum atomic E-state index is -0.382. The lowest BCUT2D eigenvalue weighted by atomic mass is 10.0. The number of benzene rings is 8. The van der Waals surface area contributed by atoms with Gasteiger partial charge in [-0.05, 0) is 145 Å². The molecule has 8 aromatic carbocycles. The fourth-order valence-electron chi connectivity index (χ4n) is 13.0. The molecular formula is C74H89IN2P4. The van der Waals surface area contributed by atoms with Crippen LogP contribution in [-0.2, 0) is 0 Å². The van der Waals surface area contributed by atoms with Gasteiger partial charge in [0.05, 0.1) is 0 Å². The smallest absolute Gasteiger partial charge is 0.0183 e. The molecule has 0 aliphatic carbocycles. The predicted molar refractivity (Wildman–Crippen MR) is 368 cm³/mol. The van der Waals surface area contributed by atoms with E-state index in [0.717, 1.165) is 17.9 Å². The van der Waals surface area contributed by atoms with Gasteiger partial charge in [0.15, 0.2) is 0 Å². The van der Waals surface area contributed by atoms with Crippen LogP contribution in [0, 0.1) is 0 Å². The first-order valence-corrected chi connectivity index (χ1v) is 39.4. The van der Waals surface area contributed by atoms with Crippen LogP contribution >= 0.6 is 51.8 Å². The van der Waals surface area contributed by atoms with Crippen molar-refractivity contribution in [1.82, 2.24) is 9.53 Å². The molecule has 4 fully saturated rings. The van der Waals surface area contributed by atoms with Gasteiger partial charge in [-0.25, -0.2) is 0 Å². The number of hydrogen-bond donors (Lipinski definition) is 1. The Morgan fingerprint density at radius 1 is 0.333 bits per heavy atom. The number of nitrogens with one attached hydrogen (secondary N) is 1. The van der Waals surface area contributed by atoms with Crippen LogP contribution < -0.4 is 5.09 Å². The summed E-state index contributed by atoms with van der Waals surface area (Å²) in [5.41, 5.74) is 17.9. The number of nitrogens with zero attached hydrogens (tertiary/aromatic N) is 1. The van der Waals surface area contributed by atoms with E-state index in [1.807, 2.05) is 13.8 Å². The van der Waals surface area contributed by atoms with Crippen molar-refractivity contribution in [3.8, 4) is 0 Å². The Balaban J connectivity index is 0.000000159. The second kappa shape index (κ2) is 33.0. The van der Waals surface area contributed by atoms with E-state index in [2.05, 4.69) is 288 Å². The molecule has 0 radical (unpaired) electrons. The molecule has 8 aromatic rings. The zero-order chi connectivity index (χ0) is 56.0. The maximum Gasteiger partial charge on any atom is 0.0183 e. The van der Waals surface area contributed by atoms with Crippen LogP contribution in [0.5, 0.6) is 0 Å². The van der Waals surface area contributed by atoms with Crippen LogP contribution in [0.2, 0.25) is 0 Å². The highest BCUT2D eigenvalue weighted by molar-refractivity contribution is 14.2. The molecular weight excluding hydrogens is 1170 g/mol. The molecule has 2 nitrogen and oxygen atoms in total. The second-order valence-corrected chi connectivity index (χ2v) is 34.9. The Hall–Kier alpha value is -3.87. The third-order valence-corrected chi connectivity index (χ3v) is 33.8. The normalized spacial score (nSPS) is 23.0. The summed E-state index contributed by atoms with van der Waals surface area (Å²) in [6, 6.07) is 90.5. The van der Waals surface area contributed by atoms with E-state index in [-0.39, 0.29) is 29.8 Å². The topological polar surface area (TPSA) is 15.3 Å². The van der Waals surface area contributed by atoms with Crippen LogP contribution in [0.25, 0.3) is 0 Å². The highest BCUT2D eigenvalue weighted by atomic mass is 127. The van der Waals surface area contributed by atoms with E-state index in [4.69, 9.17) is 0 Å². The molecule has 8 atom stereocenters. The van der Waals surface area contributed by atoms with Crippen LogP contribution in [0.15, 0.2) is 243 Å². The standard InChI is InChI=1S/C36H41NP2.C20H26NP.C16H16IP.C2H6/c1-2-3-28-37(38-33(29-16-8-4-9-17-29)24-25-34(38)30-18-10-5-11-19-30)39-35(31-20-12-6-13-21-31)26-27-36(39)32-22-14-7-15-23-32;1-2-3-16-21-22-19(17-10-6-4-7-11-17)14-15-20(22)18-12-8-5-9-13-18;17-18-15(13-7-3-1-4-8-13)11-12-16(18)14-9-5-2-6-10-14;1-2/h4-23,33-36H,2-3,24-28H2,1H3;4-13,19-21H,2-3,14-16H2,1H3;1-10,15-16H,11-12H2;1-2H3/t33-,34-,35-,36-;19-,20-;15-,16-;/m111./s1. The summed E-state index contributed by atoms with van der Waals surface area (Å²) in [7, 11) is -0.951. The summed E-state index contributed by atoms with van der Waals surface area (Å²) in [6.45, 7) is 11.0. The average Bonchev–Trinajstić information content (AvgIpc) is 4.58. The third-order valence-electron chi connectivity index (χ3n) is 16.9. The van der Waals surface area contributed by atoms with Gasteiger partial charge < -0.3 is 0 Å². The van der Waals surface area contributed by atoms with Crippen LogP contribution in [0.3, 0.4) is 0 Å². The van der Waals surface area contributed by atoms with E-state index >= 15 is 0 Å². The molecule has 0 amide bonds. The Morgan fingerprint density at radius 2 is 0.556 bits per heavy atom. The van der Waals surface area contributed by atoms with Crippen molar-refractivity contribution in [2.75, 3.05) is 13.1 Å². The van der Waals surface area contributed by atoms with Gasteiger partial charge in [0.25, 0.3) is 0 Å². The fourth-order valence-corrected chi connectivity index (χ4v) is 30.8. The summed E-state index contributed by atoms with van der Waals surface area (Å²) in [5.74, 6) is 0. The summed E-state index contributed by atoms with van der Waals surface area (Å²) in [5, 5.41) is 3.94. The Morgan fingerprint density at radius 3 is 0.815 bits per heavy atom. The lowest BCUT2D eigenvalue weighted by molar-refractivity contribution is 0.618. The molecule has 4 aliphatic rings. The van der Waals surface area contributed by atoms with Gasteiger partial charge in [0.2, 0.25) is 0 Å². The lowest BCUT2D eigenvalue weighted by Gasteiger charge is -2.45. The molecule has 4 heterocycles. The highest BCUT2D eigenvalue weighted by Gasteiger charge is 2.49. The molecule has 0 aromatic heterocycles. The summed E-state index contributed by atoms with van der Waals surface area (Å²) in [4.78, 5) is 0. The molecule has 0 unspecified atom stereocenters. The van der Waals surface area contributed by atoms with E-state index in [9.17, 15) is 0 Å². The molecule has 422 valence electrons. The molecule has 81 heavy (non-hydrogen) atoms. The first-order chi connectivity index (χ1) is 40.1. The quantitative estimate of drug-likeness (QED) is 0.0555. The zero-order valence-corrected chi connectivity index (χ0v) is 54.5. The predicted octanol–water partition coefficient (Wildman–Crippen LogP) is 24.6. The van der Waals surface area contributed by atoms with Crippen molar-refractivity contribution in [2.24, 2.45) is 0 Å². The number of unbranched alkanes of at least 4 members (excludes halogenated alkanes) is 2. The summed E-state index contributed by atoms with van der Waals surface area (Å²) < 4.78 is 3.18. The first-order valence-electron chi connectivity index (χ1n) is 30.8. The average molecular weight is 1260 g/mol. The molecule has 0 spiro atoms.